The Balaban J connectivity index is 0.000000123. The third-order valence-corrected chi connectivity index (χ3v) is 18.9. The third-order valence-electron chi connectivity index (χ3n) is 18.7. The molecule has 27 nitrogen and oxygen atoms in total. The van der Waals surface area contributed by atoms with Gasteiger partial charge in [0.25, 0.3) is 0 Å². The molecule has 6 aliphatic rings. The highest BCUT2D eigenvalue weighted by molar-refractivity contribution is 6.29. The molecule has 106 heavy (non-hydrogen) atoms. The number of nitrogens with zero attached hydrogens (tertiary/aromatic N) is 19. The number of nitriles is 2. The van der Waals surface area contributed by atoms with Crippen LogP contribution in [0.15, 0.2) is 174 Å². The molecule has 28 heteroatoms. The minimum absolute atomic E-state index is 0.370. The fourth-order valence-electron chi connectivity index (χ4n) is 12.3. The predicted molar refractivity (Wildman–Crippen MR) is 415 cm³/mol. The molecule has 536 valence electrons. The molecule has 0 radical (unpaired) electrons. The quantitative estimate of drug-likeness (QED) is 0.0310. The molecule has 5 fully saturated rings. The second kappa shape index (κ2) is 32.6. The molecule has 7 N–H and O–H groups in total. The van der Waals surface area contributed by atoms with Crippen molar-refractivity contribution < 1.29 is 14.2 Å². The molecule has 0 spiro atoms. The highest BCUT2D eigenvalue weighted by Gasteiger charge is 2.31. The maximum absolute atomic E-state index is 9.03. The standard InChI is InChI=1S/C28H28N8O.C23H21N7O.C16H16ClN5O.C7H6N2.C4H8N2/c1-35-26-14-20(4-5-21(26)17-29-35)23-16-27(32-28(31-23)36-10-12-37-13-11-36)30-22-8-6-19(7-9-22)25-15-24(33-34-25)18-2-3-18;1-29-21-12-17(4-5-18(21)15-25-29)20-13-22(26-19-6-2-16(14-24)3-7-19)28-23(27-20)30-8-10-31-11-9-30;1-21-14-8-11(2-3-12(14)10-18-21)13-9-15(17)20-16(19-13)22-4-6-23-7-5-22;8-5-6-1-3-7(9)4-2-6;5-4(6)3-1-2-3/h4-9,14,16-18H,2-3,10-13,15H2,1H3,(H,30,31,32);2-7,12-13,15H,8-11H2,1H3,(H,26,27,28);2-3,8-10H,4-7H2,1H3;1-4H,9H2;3H,1-2H2,(H3,5,6). The van der Waals surface area contributed by atoms with Gasteiger partial charge < -0.3 is 51.0 Å². The van der Waals surface area contributed by atoms with Crippen LogP contribution in [-0.2, 0) is 35.4 Å². The van der Waals surface area contributed by atoms with Crippen molar-refractivity contribution in [2.24, 2.45) is 48.9 Å². The van der Waals surface area contributed by atoms with Gasteiger partial charge in [0.05, 0.1) is 127 Å². The fraction of sp³-hybridized carbons (Fsp3) is 0.282. The lowest BCUT2D eigenvalue weighted by atomic mass is 10.0. The van der Waals surface area contributed by atoms with E-state index in [0.29, 0.717) is 103 Å². The number of nitrogens with one attached hydrogen (secondary N) is 3. The summed E-state index contributed by atoms with van der Waals surface area (Å²) in [5.74, 6) is 4.97. The molecule has 0 amide bonds. The van der Waals surface area contributed by atoms with Crippen LogP contribution < -0.4 is 36.8 Å². The molecule has 2 saturated carbocycles. The Morgan fingerprint density at radius 3 is 1.25 bits per heavy atom. The van der Waals surface area contributed by atoms with Crippen molar-refractivity contribution in [2.75, 3.05) is 110 Å². The summed E-state index contributed by atoms with van der Waals surface area (Å²) in [6.45, 7) is 8.64. The van der Waals surface area contributed by atoms with Gasteiger partial charge in [-0.05, 0) is 116 Å². The summed E-state index contributed by atoms with van der Waals surface area (Å²) in [4.78, 5) is 34.9. The first-order chi connectivity index (χ1) is 51.7. The predicted octanol–water partition coefficient (Wildman–Crippen LogP) is 12.0. The zero-order chi connectivity index (χ0) is 73.0. The number of aryl methyl sites for hydroxylation is 3. The van der Waals surface area contributed by atoms with Gasteiger partial charge in [-0.15, -0.1) is 0 Å². The van der Waals surface area contributed by atoms with Gasteiger partial charge in [-0.1, -0.05) is 60.1 Å². The summed E-state index contributed by atoms with van der Waals surface area (Å²) < 4.78 is 22.0. The lowest BCUT2D eigenvalue weighted by molar-refractivity contribution is 0.122. The van der Waals surface area contributed by atoms with Crippen LogP contribution in [0.2, 0.25) is 5.15 Å². The Morgan fingerprint density at radius 2 is 0.868 bits per heavy atom. The largest absolute Gasteiger partial charge is 0.399 e. The summed E-state index contributed by atoms with van der Waals surface area (Å²) >= 11 is 6.22. The zero-order valence-corrected chi connectivity index (χ0v) is 59.8. The van der Waals surface area contributed by atoms with Crippen molar-refractivity contribution in [3.8, 4) is 45.9 Å². The van der Waals surface area contributed by atoms with Crippen LogP contribution in [0.25, 0.3) is 66.5 Å². The van der Waals surface area contributed by atoms with E-state index in [4.69, 9.17) is 78.1 Å². The Hall–Kier alpha value is -12.3. The molecule has 0 atom stereocenters. The molecule has 2 aliphatic carbocycles. The highest BCUT2D eigenvalue weighted by Crippen LogP contribution is 2.36. The van der Waals surface area contributed by atoms with Gasteiger partial charge >= 0.3 is 0 Å². The van der Waals surface area contributed by atoms with Gasteiger partial charge in [0.2, 0.25) is 17.8 Å². The van der Waals surface area contributed by atoms with E-state index < -0.39 is 0 Å². The van der Waals surface area contributed by atoms with Gasteiger partial charge in [-0.3, -0.25) is 19.5 Å². The van der Waals surface area contributed by atoms with Crippen molar-refractivity contribution in [1.29, 1.82) is 15.9 Å². The summed E-state index contributed by atoms with van der Waals surface area (Å²) in [7, 11) is 5.82. The number of nitrogens with two attached hydrogens (primary N) is 2. The first kappa shape index (κ1) is 70.8. The molecular formula is C78H79ClN24O3. The van der Waals surface area contributed by atoms with E-state index in [0.717, 1.165) is 153 Å². The van der Waals surface area contributed by atoms with E-state index in [1.807, 2.05) is 96.2 Å². The van der Waals surface area contributed by atoms with Gasteiger partial charge in [0.1, 0.15) is 16.8 Å². The van der Waals surface area contributed by atoms with E-state index in [9.17, 15) is 0 Å². The Morgan fingerprint density at radius 1 is 0.481 bits per heavy atom. The number of aromatic nitrogens is 12. The average molecular weight is 1440 g/mol. The number of amidine groups is 1. The number of hydrogen-bond acceptors (Lipinski definition) is 23. The maximum atomic E-state index is 9.03. The number of ether oxygens (including phenoxy) is 3. The molecule has 6 aromatic carbocycles. The number of halogens is 1. The van der Waals surface area contributed by atoms with E-state index in [1.54, 1.807) is 42.5 Å². The zero-order valence-electron chi connectivity index (χ0n) is 59.0. The van der Waals surface area contributed by atoms with Crippen LogP contribution in [0.1, 0.15) is 48.8 Å². The summed E-state index contributed by atoms with van der Waals surface area (Å²) in [5.41, 5.74) is 26.3. The first-order valence-electron chi connectivity index (χ1n) is 35.2. The Labute approximate surface area is 617 Å². The van der Waals surface area contributed by atoms with Crippen molar-refractivity contribution >= 4 is 108 Å². The number of fused-ring (bicyclic) bond motifs is 3. The van der Waals surface area contributed by atoms with Crippen molar-refractivity contribution in [3.63, 3.8) is 0 Å². The third kappa shape index (κ3) is 17.7. The smallest absolute Gasteiger partial charge is 0.228 e. The number of rotatable bonds is 13. The minimum atomic E-state index is 0.370. The second-order valence-electron chi connectivity index (χ2n) is 26.2. The van der Waals surface area contributed by atoms with Gasteiger partial charge in [-0.2, -0.15) is 46.0 Å². The topological polar surface area (TPSA) is 340 Å². The van der Waals surface area contributed by atoms with Crippen molar-refractivity contribution in [1.82, 2.24) is 59.2 Å². The van der Waals surface area contributed by atoms with Crippen LogP contribution in [0, 0.1) is 39.9 Å². The maximum Gasteiger partial charge on any atom is 0.228 e. The lowest BCUT2D eigenvalue weighted by Crippen LogP contribution is -2.37. The Bertz CT molecular complexity index is 5270. The first-order valence-corrected chi connectivity index (χ1v) is 35.6. The number of hydrogen-bond donors (Lipinski definition) is 5. The normalized spacial score (nSPS) is 15.4. The number of benzene rings is 6. The molecule has 0 bridgehead atoms. The van der Waals surface area contributed by atoms with Crippen molar-refractivity contribution in [3.05, 3.63) is 186 Å². The van der Waals surface area contributed by atoms with E-state index in [1.165, 1.54) is 18.6 Å². The van der Waals surface area contributed by atoms with Gasteiger partial charge in [0, 0.05) is 147 Å². The van der Waals surface area contributed by atoms with E-state index in [-0.39, 0.29) is 0 Å². The Kier molecular flexibility index (Phi) is 21.8. The molecule has 3 saturated heterocycles. The molecule has 0 unspecified atom stereocenters. The van der Waals surface area contributed by atoms with Crippen LogP contribution in [0.5, 0.6) is 0 Å². The molecular weight excluding hydrogens is 1360 g/mol. The summed E-state index contributed by atoms with van der Waals surface area (Å²) in [6.07, 6.45) is 11.3. The monoisotopic (exact) mass is 1430 g/mol. The number of anilines is 8. The molecule has 6 aromatic heterocycles. The highest BCUT2D eigenvalue weighted by atomic mass is 35.5. The van der Waals surface area contributed by atoms with Crippen LogP contribution in [-0.4, -0.2) is 155 Å². The van der Waals surface area contributed by atoms with E-state index >= 15 is 0 Å². The average Bonchev–Trinajstić information content (AvgIpc) is 1.24. The molecule has 10 heterocycles. The van der Waals surface area contributed by atoms with Crippen LogP contribution in [0.3, 0.4) is 0 Å². The summed E-state index contributed by atoms with van der Waals surface area (Å²) in [6, 6.07) is 51.0. The summed E-state index contributed by atoms with van der Waals surface area (Å²) in [5, 5.41) is 56.6. The number of morpholine rings is 3. The fourth-order valence-corrected chi connectivity index (χ4v) is 12.4. The molecule has 12 aromatic rings. The molecule has 4 aliphatic heterocycles. The molecule has 18 rings (SSSR count). The van der Waals surface area contributed by atoms with Crippen LogP contribution >= 0.6 is 11.6 Å². The second-order valence-corrected chi connectivity index (χ2v) is 26.6. The van der Waals surface area contributed by atoms with E-state index in [2.05, 4.69) is 129 Å². The van der Waals surface area contributed by atoms with Gasteiger partial charge in [-0.25, -0.2) is 19.9 Å². The number of nitrogen functional groups attached to an aromatic ring is 1. The van der Waals surface area contributed by atoms with Crippen LogP contribution in [0.4, 0.5) is 46.5 Å². The van der Waals surface area contributed by atoms with Crippen molar-refractivity contribution in [2.45, 2.75) is 32.1 Å². The van der Waals surface area contributed by atoms with Gasteiger partial charge in [0.15, 0.2) is 0 Å². The minimum Gasteiger partial charge on any atom is -0.399 e. The lowest BCUT2D eigenvalue weighted by Gasteiger charge is -2.27. The SMILES string of the molecule is Cn1ncc2ccc(-c3cc(Cl)nc(N4CCOCC4)n3)cc21.Cn1ncc2ccc(-c3cc(Nc4ccc(C#N)cc4)nc(N4CCOCC4)n3)cc21.Cn1ncc2ccc(-c3cc(Nc4ccc(C5=NN=C(C6CC6)C5)cc4)nc(N4CCOCC4)n3)cc21.N#Cc1ccc(N)cc1.N=C(N)C1CC1.